The predicted molar refractivity (Wildman–Crippen MR) is 125 cm³/mol. The van der Waals surface area contributed by atoms with Crippen molar-refractivity contribution in [3.05, 3.63) is 78.6 Å². The minimum absolute atomic E-state index is 0.375. The Morgan fingerprint density at radius 1 is 1.06 bits per heavy atom. The van der Waals surface area contributed by atoms with E-state index in [0.717, 1.165) is 41.6 Å². The summed E-state index contributed by atoms with van der Waals surface area (Å²) in [7, 11) is 2.02. The van der Waals surface area contributed by atoms with Crippen LogP contribution in [0.15, 0.2) is 73.1 Å². The second-order valence-electron chi connectivity index (χ2n) is 7.56. The normalized spacial score (nSPS) is 11.4. The van der Waals surface area contributed by atoms with Gasteiger partial charge in [0.2, 0.25) is 0 Å². The second-order valence-corrected chi connectivity index (χ2v) is 7.56. The van der Waals surface area contributed by atoms with Crippen LogP contribution in [-0.4, -0.2) is 36.9 Å². The summed E-state index contributed by atoms with van der Waals surface area (Å²) in [4.78, 5) is 29.8. The fraction of sp³-hybridized carbons (Fsp3) is 0.240. The highest BCUT2D eigenvalue weighted by Gasteiger charge is 2.12. The lowest BCUT2D eigenvalue weighted by atomic mass is 10.1. The Morgan fingerprint density at radius 3 is 2.45 bits per heavy atom. The second kappa shape index (κ2) is 10.9. The van der Waals surface area contributed by atoms with E-state index < -0.39 is 6.04 Å². The number of nitrogens with one attached hydrogen (secondary N) is 2. The molecule has 0 aliphatic heterocycles. The number of pyridine rings is 1. The Hall–Kier alpha value is -3.67. The van der Waals surface area contributed by atoms with Crippen molar-refractivity contribution in [1.82, 2.24) is 10.3 Å². The minimum atomic E-state index is -0.521. The van der Waals surface area contributed by atoms with Crippen molar-refractivity contribution in [3.63, 3.8) is 0 Å². The molecule has 3 rings (SSSR count). The van der Waals surface area contributed by atoms with E-state index in [9.17, 15) is 9.59 Å². The van der Waals surface area contributed by atoms with Gasteiger partial charge < -0.3 is 20.3 Å². The molecule has 31 heavy (non-hydrogen) atoms. The van der Waals surface area contributed by atoms with Crippen LogP contribution in [0.1, 0.15) is 18.4 Å². The van der Waals surface area contributed by atoms with Crippen LogP contribution in [-0.2, 0) is 4.79 Å². The largest absolute Gasteiger partial charge is 0.375 e. The Labute approximate surface area is 183 Å². The molecule has 2 aromatic carbocycles. The van der Waals surface area contributed by atoms with Gasteiger partial charge in [0.05, 0.1) is 6.04 Å². The molecule has 0 saturated carbocycles. The SMILES string of the molecule is Cc1ccc(NC(=O)NC(C=O)CCCN(C)c2ccc(-c3cccnc3)cc2)cc1. The topological polar surface area (TPSA) is 74.3 Å². The number of hydrogen-bond donors (Lipinski definition) is 2. The molecule has 0 bridgehead atoms. The summed E-state index contributed by atoms with van der Waals surface area (Å²) < 4.78 is 0. The first kappa shape index (κ1) is 22.0. The van der Waals surface area contributed by atoms with Gasteiger partial charge in [0, 0.05) is 37.4 Å². The lowest BCUT2D eigenvalue weighted by Gasteiger charge is -2.21. The van der Waals surface area contributed by atoms with Crippen LogP contribution in [0.25, 0.3) is 11.1 Å². The summed E-state index contributed by atoms with van der Waals surface area (Å²) in [6.45, 7) is 2.76. The number of aryl methyl sites for hydroxylation is 1. The molecule has 0 aliphatic carbocycles. The third-order valence-electron chi connectivity index (χ3n) is 5.10. The highest BCUT2D eigenvalue weighted by molar-refractivity contribution is 5.90. The molecule has 0 fully saturated rings. The van der Waals surface area contributed by atoms with Crippen molar-refractivity contribution in [2.45, 2.75) is 25.8 Å². The maximum Gasteiger partial charge on any atom is 0.319 e. The van der Waals surface area contributed by atoms with E-state index in [1.54, 1.807) is 6.20 Å². The Kier molecular flexibility index (Phi) is 7.76. The first-order chi connectivity index (χ1) is 15.0. The molecule has 1 aromatic heterocycles. The van der Waals surface area contributed by atoms with Gasteiger partial charge >= 0.3 is 6.03 Å². The summed E-state index contributed by atoms with van der Waals surface area (Å²) >= 11 is 0. The number of anilines is 2. The van der Waals surface area contributed by atoms with Crippen molar-refractivity contribution >= 4 is 23.7 Å². The minimum Gasteiger partial charge on any atom is -0.375 e. The number of aromatic nitrogens is 1. The summed E-state index contributed by atoms with van der Waals surface area (Å²) in [6, 6.07) is 18.9. The fourth-order valence-corrected chi connectivity index (χ4v) is 3.27. The van der Waals surface area contributed by atoms with E-state index in [1.807, 2.05) is 56.6 Å². The smallest absolute Gasteiger partial charge is 0.319 e. The number of urea groups is 1. The summed E-state index contributed by atoms with van der Waals surface area (Å²) in [5.41, 5.74) is 5.12. The standard InChI is InChI=1S/C25H28N4O2/c1-19-7-11-22(12-8-19)27-25(31)28-23(18-30)6-4-16-29(2)24-13-9-20(10-14-24)21-5-3-15-26-17-21/h3,5,7-15,17-18,23H,4,6,16H2,1-2H3,(H2,27,28,31). The van der Waals surface area contributed by atoms with Gasteiger partial charge in [-0.3, -0.25) is 4.98 Å². The van der Waals surface area contributed by atoms with Gasteiger partial charge in [-0.1, -0.05) is 35.9 Å². The number of carbonyl (C=O) groups is 2. The van der Waals surface area contributed by atoms with Crippen molar-refractivity contribution in [2.24, 2.45) is 0 Å². The lowest BCUT2D eigenvalue weighted by Crippen LogP contribution is -2.39. The van der Waals surface area contributed by atoms with Crippen molar-refractivity contribution < 1.29 is 9.59 Å². The van der Waals surface area contributed by atoms with Gasteiger partial charge in [-0.15, -0.1) is 0 Å². The van der Waals surface area contributed by atoms with Crippen molar-refractivity contribution in [3.8, 4) is 11.1 Å². The maximum atomic E-state index is 12.1. The van der Waals surface area contributed by atoms with E-state index in [-0.39, 0.29) is 6.03 Å². The van der Waals surface area contributed by atoms with Crippen molar-refractivity contribution in [1.29, 1.82) is 0 Å². The van der Waals surface area contributed by atoms with E-state index in [4.69, 9.17) is 0 Å². The number of hydrogen-bond acceptors (Lipinski definition) is 4. The zero-order valence-electron chi connectivity index (χ0n) is 17.9. The highest BCUT2D eigenvalue weighted by atomic mass is 16.2. The van der Waals surface area contributed by atoms with Crippen molar-refractivity contribution in [2.75, 3.05) is 23.8 Å². The molecule has 0 spiro atoms. The van der Waals surface area contributed by atoms with Crippen LogP contribution in [0.2, 0.25) is 0 Å². The highest BCUT2D eigenvalue weighted by Crippen LogP contribution is 2.22. The van der Waals surface area contributed by atoms with Gasteiger partial charge in [0.15, 0.2) is 0 Å². The molecule has 1 unspecified atom stereocenters. The number of aldehydes is 1. The molecule has 1 atom stereocenters. The van der Waals surface area contributed by atoms with Crippen LogP contribution in [0.5, 0.6) is 0 Å². The molecule has 0 aliphatic rings. The first-order valence-corrected chi connectivity index (χ1v) is 10.4. The van der Waals surface area contributed by atoms with E-state index >= 15 is 0 Å². The molecule has 6 nitrogen and oxygen atoms in total. The molecule has 1 heterocycles. The molecule has 2 amide bonds. The summed E-state index contributed by atoms with van der Waals surface area (Å²) in [5.74, 6) is 0. The Morgan fingerprint density at radius 2 is 1.81 bits per heavy atom. The number of rotatable bonds is 9. The van der Waals surface area contributed by atoms with E-state index in [1.165, 1.54) is 0 Å². The molecule has 0 radical (unpaired) electrons. The van der Waals surface area contributed by atoms with Crippen LogP contribution in [0.3, 0.4) is 0 Å². The Bertz CT molecular complexity index is 973. The third kappa shape index (κ3) is 6.67. The molecule has 3 aromatic rings. The van der Waals surface area contributed by atoms with Gasteiger partial charge in [-0.05, 0) is 61.2 Å². The molecule has 6 heteroatoms. The quantitative estimate of drug-likeness (QED) is 0.498. The fourth-order valence-electron chi connectivity index (χ4n) is 3.27. The first-order valence-electron chi connectivity index (χ1n) is 10.4. The van der Waals surface area contributed by atoms with Crippen LogP contribution < -0.4 is 15.5 Å². The molecular weight excluding hydrogens is 388 g/mol. The maximum absolute atomic E-state index is 12.1. The van der Waals surface area contributed by atoms with Crippen LogP contribution >= 0.6 is 0 Å². The van der Waals surface area contributed by atoms with Gasteiger partial charge in [0.25, 0.3) is 0 Å². The molecule has 0 saturated heterocycles. The number of carbonyl (C=O) groups excluding carboxylic acids is 2. The summed E-state index contributed by atoms with van der Waals surface area (Å²) in [5, 5.41) is 5.48. The van der Waals surface area contributed by atoms with Crippen LogP contribution in [0.4, 0.5) is 16.2 Å². The number of nitrogens with zero attached hydrogens (tertiary/aromatic N) is 2. The van der Waals surface area contributed by atoms with Gasteiger partial charge in [-0.2, -0.15) is 0 Å². The van der Waals surface area contributed by atoms with E-state index in [0.29, 0.717) is 12.1 Å². The summed E-state index contributed by atoms with van der Waals surface area (Å²) in [6.07, 6.45) is 5.74. The van der Waals surface area contributed by atoms with Gasteiger partial charge in [-0.25, -0.2) is 4.79 Å². The molecule has 2 N–H and O–H groups in total. The van der Waals surface area contributed by atoms with Gasteiger partial charge in [0.1, 0.15) is 6.29 Å². The predicted octanol–water partition coefficient (Wildman–Crippen LogP) is 4.66. The monoisotopic (exact) mass is 416 g/mol. The zero-order valence-corrected chi connectivity index (χ0v) is 17.9. The number of benzene rings is 2. The number of amides is 2. The lowest BCUT2D eigenvalue weighted by molar-refractivity contribution is -0.109. The third-order valence-corrected chi connectivity index (χ3v) is 5.10. The van der Waals surface area contributed by atoms with Crippen LogP contribution in [0, 0.1) is 6.92 Å². The average molecular weight is 417 g/mol. The zero-order chi connectivity index (χ0) is 22.1. The molecule has 160 valence electrons. The Balaban J connectivity index is 1.44. The average Bonchev–Trinajstić information content (AvgIpc) is 2.80. The molecular formula is C25H28N4O2. The van der Waals surface area contributed by atoms with E-state index in [2.05, 4.69) is 44.8 Å².